The Labute approximate surface area is 126 Å². The van der Waals surface area contributed by atoms with Crippen LogP contribution in [0.1, 0.15) is 13.3 Å². The van der Waals surface area contributed by atoms with E-state index in [2.05, 4.69) is 32.5 Å². The number of amides is 1. The zero-order valence-corrected chi connectivity index (χ0v) is 13.1. The van der Waals surface area contributed by atoms with Crippen LogP contribution in [0.4, 0.5) is 5.69 Å². The molecule has 1 N–H and O–H groups in total. The average Bonchev–Trinajstić information content (AvgIpc) is 2.61. The van der Waals surface area contributed by atoms with E-state index in [4.69, 9.17) is 0 Å². The number of nitrogens with zero attached hydrogens (tertiary/aromatic N) is 3. The second kappa shape index (κ2) is 6.62. The summed E-state index contributed by atoms with van der Waals surface area (Å²) in [4.78, 5) is 20.3. The van der Waals surface area contributed by atoms with E-state index in [-0.39, 0.29) is 18.6 Å². The molecule has 0 aromatic carbocycles. The van der Waals surface area contributed by atoms with E-state index < -0.39 is 0 Å². The van der Waals surface area contributed by atoms with Crippen molar-refractivity contribution in [2.75, 3.05) is 31.1 Å². The number of carbonyl (C=O) groups excluding carboxylic acids is 1. The molecule has 1 saturated heterocycles. The zero-order chi connectivity index (χ0) is 13.8. The minimum atomic E-state index is 0.0996. The van der Waals surface area contributed by atoms with Crippen LogP contribution in [0.5, 0.6) is 0 Å². The van der Waals surface area contributed by atoms with Gasteiger partial charge in [-0.1, -0.05) is 0 Å². The maximum Gasteiger partial charge on any atom is 0.228 e. The fraction of sp³-hybridized carbons (Fsp3) is 0.538. The maximum atomic E-state index is 12.2. The van der Waals surface area contributed by atoms with Gasteiger partial charge in [0.25, 0.3) is 0 Å². The van der Waals surface area contributed by atoms with Crippen molar-refractivity contribution in [1.29, 1.82) is 0 Å². The van der Waals surface area contributed by atoms with Crippen molar-refractivity contribution in [1.82, 2.24) is 9.88 Å². The van der Waals surface area contributed by atoms with Crippen LogP contribution in [0.3, 0.4) is 0 Å². The quantitative estimate of drug-likeness (QED) is 0.635. The number of halogens is 1. The molecule has 104 valence electrons. The van der Waals surface area contributed by atoms with Gasteiger partial charge >= 0.3 is 0 Å². The van der Waals surface area contributed by atoms with E-state index in [1.165, 1.54) is 0 Å². The van der Waals surface area contributed by atoms with Gasteiger partial charge in [-0.2, -0.15) is 0 Å². The molecule has 19 heavy (non-hydrogen) atoms. The van der Waals surface area contributed by atoms with Crippen LogP contribution in [-0.4, -0.2) is 53.2 Å². The first-order chi connectivity index (χ1) is 9.11. The number of aliphatic hydroxyl groups excluding tert-OH is 1. The third-order valence-corrected chi connectivity index (χ3v) is 4.07. The van der Waals surface area contributed by atoms with Gasteiger partial charge in [-0.3, -0.25) is 9.69 Å². The number of hydrogen-bond acceptors (Lipinski definition) is 4. The summed E-state index contributed by atoms with van der Waals surface area (Å²) < 4.78 is 0.916. The lowest BCUT2D eigenvalue weighted by molar-refractivity contribution is -0.118. The molecule has 0 saturated carbocycles. The maximum absolute atomic E-state index is 12.2. The molecule has 1 amide bonds. The van der Waals surface area contributed by atoms with Crippen molar-refractivity contribution in [2.24, 2.45) is 0 Å². The summed E-state index contributed by atoms with van der Waals surface area (Å²) in [6.07, 6.45) is 2.22. The summed E-state index contributed by atoms with van der Waals surface area (Å²) >= 11 is 2.15. The number of aliphatic hydroxyl groups is 1. The van der Waals surface area contributed by atoms with Crippen LogP contribution in [0.2, 0.25) is 0 Å². The van der Waals surface area contributed by atoms with Gasteiger partial charge in [-0.25, -0.2) is 4.98 Å². The first kappa shape index (κ1) is 14.7. The van der Waals surface area contributed by atoms with Crippen molar-refractivity contribution in [3.05, 3.63) is 22.0 Å². The van der Waals surface area contributed by atoms with Crippen LogP contribution in [0.15, 0.2) is 18.3 Å². The Morgan fingerprint density at radius 1 is 1.42 bits per heavy atom. The molecule has 5 nitrogen and oxygen atoms in total. The van der Waals surface area contributed by atoms with E-state index in [1.807, 2.05) is 19.1 Å². The fourth-order valence-electron chi connectivity index (χ4n) is 2.20. The SMILES string of the molecule is C[C@H](CO)N1CCC(=O)N(c2ccc(I)nc2)CC1. The van der Waals surface area contributed by atoms with E-state index in [0.717, 1.165) is 15.9 Å². The van der Waals surface area contributed by atoms with Gasteiger partial charge in [0.2, 0.25) is 5.91 Å². The van der Waals surface area contributed by atoms with Gasteiger partial charge in [0.15, 0.2) is 0 Å². The lowest BCUT2D eigenvalue weighted by Gasteiger charge is -2.26. The Hall–Kier alpha value is -0.730. The standard InChI is InChI=1S/C13H18IN3O2/c1-10(9-18)16-5-4-13(19)17(7-6-16)11-2-3-12(14)15-8-11/h2-3,8,10,18H,4-7,9H2,1H3/t10-/m1/s1. The zero-order valence-electron chi connectivity index (χ0n) is 10.9. The van der Waals surface area contributed by atoms with Crippen LogP contribution >= 0.6 is 22.6 Å². The van der Waals surface area contributed by atoms with Gasteiger partial charge in [0.05, 0.1) is 18.5 Å². The highest BCUT2D eigenvalue weighted by atomic mass is 127. The largest absolute Gasteiger partial charge is 0.395 e. The normalized spacial score (nSPS) is 19.3. The average molecular weight is 375 g/mol. The van der Waals surface area contributed by atoms with Crippen molar-refractivity contribution >= 4 is 34.2 Å². The summed E-state index contributed by atoms with van der Waals surface area (Å²) in [5, 5.41) is 9.21. The molecular formula is C13H18IN3O2. The van der Waals surface area contributed by atoms with Gasteiger partial charge in [-0.15, -0.1) is 0 Å². The van der Waals surface area contributed by atoms with E-state index in [0.29, 0.717) is 19.5 Å². The van der Waals surface area contributed by atoms with Crippen LogP contribution in [0, 0.1) is 3.70 Å². The lowest BCUT2D eigenvalue weighted by atomic mass is 10.3. The van der Waals surface area contributed by atoms with E-state index >= 15 is 0 Å². The Bertz CT molecular complexity index is 438. The number of rotatable bonds is 3. The molecule has 1 aromatic rings. The number of pyridine rings is 1. The van der Waals surface area contributed by atoms with Gasteiger partial charge in [0.1, 0.15) is 3.70 Å². The number of hydrogen-bond donors (Lipinski definition) is 1. The highest BCUT2D eigenvalue weighted by molar-refractivity contribution is 14.1. The predicted molar refractivity (Wildman–Crippen MR) is 82.0 cm³/mol. The van der Waals surface area contributed by atoms with Crippen molar-refractivity contribution in [3.8, 4) is 0 Å². The lowest BCUT2D eigenvalue weighted by Crippen LogP contribution is -2.38. The second-order valence-electron chi connectivity index (χ2n) is 4.70. The molecule has 0 unspecified atom stereocenters. The molecule has 0 radical (unpaired) electrons. The summed E-state index contributed by atoms with van der Waals surface area (Å²) in [6.45, 7) is 4.23. The van der Waals surface area contributed by atoms with Crippen LogP contribution < -0.4 is 4.90 Å². The summed E-state index contributed by atoms with van der Waals surface area (Å²) in [7, 11) is 0. The highest BCUT2D eigenvalue weighted by Gasteiger charge is 2.24. The molecule has 1 aliphatic rings. The van der Waals surface area contributed by atoms with Crippen molar-refractivity contribution < 1.29 is 9.90 Å². The molecule has 0 bridgehead atoms. The Morgan fingerprint density at radius 3 is 2.84 bits per heavy atom. The smallest absolute Gasteiger partial charge is 0.228 e. The molecule has 1 atom stereocenters. The summed E-state index contributed by atoms with van der Waals surface area (Å²) in [5.41, 5.74) is 0.851. The fourth-order valence-corrected chi connectivity index (χ4v) is 2.52. The van der Waals surface area contributed by atoms with Gasteiger partial charge < -0.3 is 10.0 Å². The number of carbonyl (C=O) groups is 1. The minimum Gasteiger partial charge on any atom is -0.395 e. The Morgan fingerprint density at radius 2 is 2.21 bits per heavy atom. The second-order valence-corrected chi connectivity index (χ2v) is 5.81. The van der Waals surface area contributed by atoms with E-state index in [1.54, 1.807) is 11.1 Å². The first-order valence-electron chi connectivity index (χ1n) is 6.38. The third kappa shape index (κ3) is 3.64. The molecule has 2 rings (SSSR count). The molecule has 1 fully saturated rings. The topological polar surface area (TPSA) is 56.7 Å². The molecule has 1 aliphatic heterocycles. The van der Waals surface area contributed by atoms with E-state index in [9.17, 15) is 9.90 Å². The van der Waals surface area contributed by atoms with Crippen LogP contribution in [-0.2, 0) is 4.79 Å². The molecule has 1 aromatic heterocycles. The summed E-state index contributed by atoms with van der Waals surface area (Å²) in [5.74, 6) is 0.121. The summed E-state index contributed by atoms with van der Waals surface area (Å²) in [6, 6.07) is 3.93. The highest BCUT2D eigenvalue weighted by Crippen LogP contribution is 2.18. The molecule has 2 heterocycles. The number of anilines is 1. The molecule has 6 heteroatoms. The molecule has 0 aliphatic carbocycles. The third-order valence-electron chi connectivity index (χ3n) is 3.44. The Balaban J connectivity index is 2.10. The molecular weight excluding hydrogens is 357 g/mol. The minimum absolute atomic E-state index is 0.0996. The monoisotopic (exact) mass is 375 g/mol. The van der Waals surface area contributed by atoms with Crippen LogP contribution in [0.25, 0.3) is 0 Å². The van der Waals surface area contributed by atoms with Gasteiger partial charge in [0, 0.05) is 32.1 Å². The van der Waals surface area contributed by atoms with Gasteiger partial charge in [-0.05, 0) is 41.6 Å². The molecule has 0 spiro atoms. The first-order valence-corrected chi connectivity index (χ1v) is 7.46. The van der Waals surface area contributed by atoms with Crippen molar-refractivity contribution in [2.45, 2.75) is 19.4 Å². The number of aromatic nitrogens is 1. The Kier molecular flexibility index (Phi) is 5.12. The van der Waals surface area contributed by atoms with Crippen molar-refractivity contribution in [3.63, 3.8) is 0 Å². The predicted octanol–water partition coefficient (Wildman–Crippen LogP) is 1.11.